The topological polar surface area (TPSA) is 103 Å². The maximum Gasteiger partial charge on any atom is 0.330 e. The Morgan fingerprint density at radius 1 is 1.06 bits per heavy atom. The van der Waals surface area contributed by atoms with Gasteiger partial charge in [0.2, 0.25) is 0 Å². The molecule has 0 amide bonds. The molecule has 1 aliphatic rings. The summed E-state index contributed by atoms with van der Waals surface area (Å²) in [6, 6.07) is 5.63. The molecular formula is C26H38N2O6. The molecule has 0 aromatic heterocycles. The zero-order chi connectivity index (χ0) is 24.2. The SMILES string of the molecule is C.C=CC(=O)OCCCCOC(=O)C1CCC(C(=O)Oc2ccc(C)cc2/C(C)=N/NC)CC1. The predicted molar refractivity (Wildman–Crippen MR) is 132 cm³/mol. The van der Waals surface area contributed by atoms with Crippen LogP contribution in [0.5, 0.6) is 5.75 Å². The minimum Gasteiger partial charge on any atom is -0.465 e. The van der Waals surface area contributed by atoms with Crippen molar-refractivity contribution in [3.63, 3.8) is 0 Å². The third-order valence-corrected chi connectivity index (χ3v) is 5.60. The summed E-state index contributed by atoms with van der Waals surface area (Å²) < 4.78 is 16.0. The molecule has 0 aliphatic heterocycles. The lowest BCUT2D eigenvalue weighted by Crippen LogP contribution is -2.29. The number of hydrogen-bond acceptors (Lipinski definition) is 8. The van der Waals surface area contributed by atoms with Crippen LogP contribution in [0.1, 0.15) is 64.0 Å². The molecule has 188 valence electrons. The highest BCUT2D eigenvalue weighted by atomic mass is 16.5. The van der Waals surface area contributed by atoms with E-state index in [0.29, 0.717) is 44.3 Å². The number of hydrogen-bond donors (Lipinski definition) is 1. The number of nitrogens with zero attached hydrogens (tertiary/aromatic N) is 1. The first-order valence-electron chi connectivity index (χ1n) is 11.3. The van der Waals surface area contributed by atoms with Gasteiger partial charge in [-0.2, -0.15) is 5.10 Å². The van der Waals surface area contributed by atoms with Crippen LogP contribution in [0.15, 0.2) is 36.0 Å². The van der Waals surface area contributed by atoms with Gasteiger partial charge in [0, 0.05) is 18.7 Å². The quantitative estimate of drug-likeness (QED) is 0.127. The first-order chi connectivity index (χ1) is 15.8. The lowest BCUT2D eigenvalue weighted by molar-refractivity contribution is -0.152. The summed E-state index contributed by atoms with van der Waals surface area (Å²) in [6.45, 7) is 7.72. The summed E-state index contributed by atoms with van der Waals surface area (Å²) in [6.07, 6.45) is 4.71. The van der Waals surface area contributed by atoms with E-state index in [1.807, 2.05) is 26.0 Å². The number of esters is 3. The van der Waals surface area contributed by atoms with E-state index >= 15 is 0 Å². The number of hydrazone groups is 1. The van der Waals surface area contributed by atoms with Crippen molar-refractivity contribution in [1.82, 2.24) is 5.43 Å². The summed E-state index contributed by atoms with van der Waals surface area (Å²) in [5, 5.41) is 4.20. The second-order valence-electron chi connectivity index (χ2n) is 8.14. The molecular weight excluding hydrogens is 436 g/mol. The Labute approximate surface area is 202 Å². The Kier molecular flexibility index (Phi) is 12.6. The fourth-order valence-corrected chi connectivity index (χ4v) is 3.73. The smallest absolute Gasteiger partial charge is 0.330 e. The van der Waals surface area contributed by atoms with Crippen molar-refractivity contribution in [2.24, 2.45) is 16.9 Å². The Balaban J connectivity index is 0.00000578. The van der Waals surface area contributed by atoms with Crippen molar-refractivity contribution in [2.75, 3.05) is 20.3 Å². The van der Waals surface area contributed by atoms with Crippen molar-refractivity contribution >= 4 is 23.6 Å². The van der Waals surface area contributed by atoms with Gasteiger partial charge in [0.25, 0.3) is 0 Å². The summed E-state index contributed by atoms with van der Waals surface area (Å²) in [5.74, 6) is -0.927. The summed E-state index contributed by atoms with van der Waals surface area (Å²) >= 11 is 0. The van der Waals surface area contributed by atoms with Gasteiger partial charge in [-0.05, 0) is 64.5 Å². The second-order valence-corrected chi connectivity index (χ2v) is 8.14. The highest BCUT2D eigenvalue weighted by Crippen LogP contribution is 2.31. The van der Waals surface area contributed by atoms with Gasteiger partial charge in [0.05, 0.1) is 30.8 Å². The average molecular weight is 475 g/mol. The van der Waals surface area contributed by atoms with Gasteiger partial charge in [-0.1, -0.05) is 25.6 Å². The van der Waals surface area contributed by atoms with Crippen molar-refractivity contribution in [2.45, 2.75) is 59.8 Å². The van der Waals surface area contributed by atoms with E-state index in [1.165, 1.54) is 0 Å². The molecule has 0 saturated heterocycles. The Morgan fingerprint density at radius 2 is 1.65 bits per heavy atom. The average Bonchev–Trinajstić information content (AvgIpc) is 2.82. The molecule has 8 heteroatoms. The Bertz CT molecular complexity index is 872. The van der Waals surface area contributed by atoms with Gasteiger partial charge in [0.1, 0.15) is 5.75 Å². The number of ether oxygens (including phenoxy) is 3. The van der Waals surface area contributed by atoms with E-state index in [4.69, 9.17) is 14.2 Å². The van der Waals surface area contributed by atoms with Crippen molar-refractivity contribution in [1.29, 1.82) is 0 Å². The van der Waals surface area contributed by atoms with Crippen LogP contribution in [0.2, 0.25) is 0 Å². The number of carbonyl (C=O) groups excluding carboxylic acids is 3. The van der Waals surface area contributed by atoms with E-state index in [9.17, 15) is 14.4 Å². The van der Waals surface area contributed by atoms with Crippen molar-refractivity contribution in [3.8, 4) is 5.75 Å². The van der Waals surface area contributed by atoms with Gasteiger partial charge in [-0.3, -0.25) is 9.59 Å². The number of aryl methyl sites for hydroxylation is 1. The molecule has 0 heterocycles. The minimum absolute atomic E-state index is 0. The molecule has 0 bridgehead atoms. The molecule has 1 aromatic rings. The second kappa shape index (κ2) is 14.9. The van der Waals surface area contributed by atoms with Gasteiger partial charge in [0.15, 0.2) is 0 Å². The lowest BCUT2D eigenvalue weighted by atomic mass is 9.82. The highest BCUT2D eigenvalue weighted by molar-refractivity contribution is 6.01. The molecule has 1 aliphatic carbocycles. The first-order valence-corrected chi connectivity index (χ1v) is 11.3. The Hall–Kier alpha value is -3.16. The van der Waals surface area contributed by atoms with Crippen LogP contribution in [0, 0.1) is 18.8 Å². The van der Waals surface area contributed by atoms with Crippen molar-refractivity contribution in [3.05, 3.63) is 42.0 Å². The van der Waals surface area contributed by atoms with Gasteiger partial charge in [-0.25, -0.2) is 4.79 Å². The summed E-state index contributed by atoms with van der Waals surface area (Å²) in [5.41, 5.74) is 5.31. The number of nitrogens with one attached hydrogen (secondary N) is 1. The van der Waals surface area contributed by atoms with Gasteiger partial charge in [-0.15, -0.1) is 0 Å². The number of unbranched alkanes of at least 4 members (excludes halogenated alkanes) is 1. The third kappa shape index (κ3) is 9.00. The van der Waals surface area contributed by atoms with E-state index in [2.05, 4.69) is 17.1 Å². The molecule has 1 aromatic carbocycles. The molecule has 2 rings (SSSR count). The lowest BCUT2D eigenvalue weighted by Gasteiger charge is -2.26. The molecule has 8 nitrogen and oxygen atoms in total. The Morgan fingerprint density at radius 3 is 2.24 bits per heavy atom. The summed E-state index contributed by atoms with van der Waals surface area (Å²) in [7, 11) is 1.72. The highest BCUT2D eigenvalue weighted by Gasteiger charge is 2.32. The number of benzene rings is 1. The van der Waals surface area contributed by atoms with E-state index in [0.717, 1.165) is 22.9 Å². The van der Waals surface area contributed by atoms with E-state index in [1.54, 1.807) is 13.1 Å². The number of rotatable bonds is 11. The predicted octanol–water partition coefficient (Wildman–Crippen LogP) is 4.34. The molecule has 34 heavy (non-hydrogen) atoms. The molecule has 1 N–H and O–H groups in total. The van der Waals surface area contributed by atoms with E-state index < -0.39 is 5.97 Å². The zero-order valence-electron chi connectivity index (χ0n) is 19.7. The first kappa shape index (κ1) is 28.9. The van der Waals surface area contributed by atoms with Crippen LogP contribution in [-0.4, -0.2) is 43.9 Å². The van der Waals surface area contributed by atoms with Crippen LogP contribution < -0.4 is 10.2 Å². The number of carbonyl (C=O) groups is 3. The fourth-order valence-electron chi connectivity index (χ4n) is 3.73. The van der Waals surface area contributed by atoms with E-state index in [-0.39, 0.29) is 44.4 Å². The molecule has 1 saturated carbocycles. The minimum atomic E-state index is -0.456. The zero-order valence-corrected chi connectivity index (χ0v) is 19.7. The van der Waals surface area contributed by atoms with Gasteiger partial charge < -0.3 is 19.6 Å². The van der Waals surface area contributed by atoms with Crippen LogP contribution >= 0.6 is 0 Å². The van der Waals surface area contributed by atoms with Crippen LogP contribution in [-0.2, 0) is 23.9 Å². The summed E-state index contributed by atoms with van der Waals surface area (Å²) in [4.78, 5) is 36.0. The molecule has 0 spiro atoms. The third-order valence-electron chi connectivity index (χ3n) is 5.60. The van der Waals surface area contributed by atoms with Crippen LogP contribution in [0.4, 0.5) is 0 Å². The fraction of sp³-hybridized carbons (Fsp3) is 0.538. The molecule has 1 fully saturated rings. The maximum absolute atomic E-state index is 12.8. The maximum atomic E-state index is 12.8. The van der Waals surface area contributed by atoms with Gasteiger partial charge >= 0.3 is 17.9 Å². The van der Waals surface area contributed by atoms with Crippen molar-refractivity contribution < 1.29 is 28.6 Å². The molecule has 0 unspecified atom stereocenters. The standard InChI is InChI=1S/C25H34N2O6.CH4/c1-5-23(28)31-14-6-7-15-32-24(29)19-9-11-20(12-10-19)25(30)33-22-13-8-17(2)16-21(22)18(3)27-26-4;/h5,8,13,16,19-20,26H,1,6-7,9-12,14-15H2,2-4H3;1H4/b27-18+;. The monoisotopic (exact) mass is 474 g/mol. The molecule has 0 radical (unpaired) electrons. The normalized spacial score (nSPS) is 17.7. The molecule has 0 atom stereocenters. The van der Waals surface area contributed by atoms with Crippen LogP contribution in [0.25, 0.3) is 0 Å². The van der Waals surface area contributed by atoms with Crippen LogP contribution in [0.3, 0.4) is 0 Å². The largest absolute Gasteiger partial charge is 0.465 e.